The zero-order chi connectivity index (χ0) is 30.9. The molecule has 0 saturated carbocycles. The van der Waals surface area contributed by atoms with Gasteiger partial charge in [0, 0.05) is 23.0 Å². The Hall–Kier alpha value is -4.03. The molecule has 2 aromatic rings. The lowest BCUT2D eigenvalue weighted by Gasteiger charge is -2.39. The van der Waals surface area contributed by atoms with Gasteiger partial charge in [0.1, 0.15) is 24.7 Å². The summed E-state index contributed by atoms with van der Waals surface area (Å²) in [6.07, 6.45) is -2.06. The summed E-state index contributed by atoms with van der Waals surface area (Å²) in [6, 6.07) is 7.54. The molecule has 1 amide bonds. The number of nitrogens with zero attached hydrogens (tertiary/aromatic N) is 1. The highest BCUT2D eigenvalue weighted by Crippen LogP contribution is 2.47. The van der Waals surface area contributed by atoms with Gasteiger partial charge in [0.15, 0.2) is 11.5 Å². The maximum Gasteiger partial charge on any atom is 0.434 e. The summed E-state index contributed by atoms with van der Waals surface area (Å²) < 4.78 is 67.8. The van der Waals surface area contributed by atoms with Crippen LogP contribution in [0.25, 0.3) is 5.57 Å². The van der Waals surface area contributed by atoms with Crippen molar-refractivity contribution in [1.29, 1.82) is 0 Å². The number of aliphatic hydroxyl groups is 1. The average molecular weight is 590 g/mol. The molecule has 4 rings (SSSR count). The van der Waals surface area contributed by atoms with Crippen LogP contribution in [0, 0.1) is 6.92 Å². The molecule has 2 atom stereocenters. The van der Waals surface area contributed by atoms with Gasteiger partial charge < -0.3 is 35.1 Å². The van der Waals surface area contributed by atoms with Crippen LogP contribution in [0.5, 0.6) is 11.5 Å². The lowest BCUT2D eigenvalue weighted by atomic mass is 9.84. The number of pyridine rings is 1. The monoisotopic (exact) mass is 589 g/mol. The Morgan fingerprint density at radius 2 is 1.93 bits per heavy atom. The maximum atomic E-state index is 15.1. The van der Waals surface area contributed by atoms with Crippen LogP contribution in [0.1, 0.15) is 42.4 Å². The number of methoxy groups -OCH3 is 1. The topological polar surface area (TPSA) is 125 Å². The summed E-state index contributed by atoms with van der Waals surface area (Å²) in [5, 5.41) is 11.4. The minimum absolute atomic E-state index is 0.00207. The second kappa shape index (κ2) is 11.7. The van der Waals surface area contributed by atoms with Gasteiger partial charge in [-0.2, -0.15) is 13.2 Å². The first-order valence-corrected chi connectivity index (χ1v) is 13.2. The molecule has 12 heteroatoms. The van der Waals surface area contributed by atoms with Crippen molar-refractivity contribution in [3.63, 3.8) is 0 Å². The van der Waals surface area contributed by atoms with E-state index in [1.165, 1.54) is 45.2 Å². The van der Waals surface area contributed by atoms with Gasteiger partial charge in [0.25, 0.3) is 5.91 Å². The lowest BCUT2D eigenvalue weighted by Crippen LogP contribution is -2.56. The fourth-order valence-electron chi connectivity index (χ4n) is 4.94. The summed E-state index contributed by atoms with van der Waals surface area (Å²) in [5.41, 5.74) is 4.21. The lowest BCUT2D eigenvalue weighted by molar-refractivity contribution is -0.247. The van der Waals surface area contributed by atoms with E-state index < -0.39 is 29.8 Å². The molecule has 0 spiro atoms. The van der Waals surface area contributed by atoms with E-state index in [1.807, 2.05) is 0 Å². The van der Waals surface area contributed by atoms with Crippen LogP contribution in [0.2, 0.25) is 0 Å². The Bertz CT molecular complexity index is 1460. The van der Waals surface area contributed by atoms with Crippen molar-refractivity contribution in [2.24, 2.45) is 5.73 Å². The highest BCUT2D eigenvalue weighted by molar-refractivity contribution is 5.95. The van der Waals surface area contributed by atoms with Crippen molar-refractivity contribution in [2.75, 3.05) is 33.5 Å². The number of alkyl halides is 3. The van der Waals surface area contributed by atoms with Gasteiger partial charge in [-0.1, -0.05) is 6.08 Å². The van der Waals surface area contributed by atoms with Gasteiger partial charge in [-0.25, -0.2) is 0 Å². The van der Waals surface area contributed by atoms with Crippen molar-refractivity contribution in [3.05, 3.63) is 82.1 Å². The largest absolute Gasteiger partial charge is 0.493 e. The number of aryl methyl sites for hydroxylation is 1. The number of aliphatic hydroxyl groups excluding tert-OH is 1. The van der Waals surface area contributed by atoms with Crippen LogP contribution in [0.4, 0.5) is 13.2 Å². The Balaban J connectivity index is 1.78. The molecule has 1 aromatic heterocycles. The molecular weight excluding hydrogens is 555 g/mol. The van der Waals surface area contributed by atoms with Gasteiger partial charge in [-0.3, -0.25) is 9.78 Å². The molecule has 2 unspecified atom stereocenters. The van der Waals surface area contributed by atoms with Gasteiger partial charge in [0.2, 0.25) is 5.60 Å². The third kappa shape index (κ3) is 5.82. The summed E-state index contributed by atoms with van der Waals surface area (Å²) in [7, 11) is 1.36. The predicted molar refractivity (Wildman–Crippen MR) is 149 cm³/mol. The van der Waals surface area contributed by atoms with Crippen LogP contribution in [-0.2, 0) is 9.47 Å². The number of benzene rings is 1. The number of carbonyl (C=O) groups excluding carboxylic acids is 1. The molecule has 9 nitrogen and oxygen atoms in total. The Morgan fingerprint density at radius 1 is 1.19 bits per heavy atom. The quantitative estimate of drug-likeness (QED) is 0.418. The van der Waals surface area contributed by atoms with Crippen LogP contribution >= 0.6 is 0 Å². The van der Waals surface area contributed by atoms with E-state index in [1.54, 1.807) is 32.2 Å². The molecule has 0 radical (unpaired) electrons. The summed E-state index contributed by atoms with van der Waals surface area (Å²) in [4.78, 5) is 17.3. The van der Waals surface area contributed by atoms with E-state index in [2.05, 4.69) is 10.3 Å². The fourth-order valence-corrected chi connectivity index (χ4v) is 4.94. The number of ether oxygens (including phenoxy) is 4. The summed E-state index contributed by atoms with van der Waals surface area (Å²) in [6.45, 7) is 5.06. The van der Waals surface area contributed by atoms with Crippen molar-refractivity contribution >= 4 is 11.5 Å². The second-order valence-electron chi connectivity index (χ2n) is 10.4. The van der Waals surface area contributed by atoms with E-state index in [0.29, 0.717) is 28.2 Å². The zero-order valence-electron chi connectivity index (χ0n) is 24.0. The van der Waals surface area contributed by atoms with E-state index in [9.17, 15) is 4.79 Å². The number of nitrogens with one attached hydrogen (secondary N) is 1. The van der Waals surface area contributed by atoms with E-state index >= 15 is 13.2 Å². The highest BCUT2D eigenvalue weighted by atomic mass is 19.4. The predicted octanol–water partition coefficient (Wildman–Crippen LogP) is 4.21. The number of rotatable bonds is 8. The first kappa shape index (κ1) is 30.9. The van der Waals surface area contributed by atoms with Crippen molar-refractivity contribution < 1.29 is 42.0 Å². The minimum atomic E-state index is -4.95. The number of halogens is 3. The Labute approximate surface area is 241 Å². The second-order valence-corrected chi connectivity index (χ2v) is 10.4. The molecule has 2 aliphatic heterocycles. The van der Waals surface area contributed by atoms with Gasteiger partial charge in [-0.05, 0) is 69.2 Å². The molecule has 0 aliphatic carbocycles. The molecule has 42 heavy (non-hydrogen) atoms. The van der Waals surface area contributed by atoms with E-state index in [4.69, 9.17) is 29.8 Å². The van der Waals surface area contributed by atoms with Gasteiger partial charge >= 0.3 is 6.18 Å². The van der Waals surface area contributed by atoms with Gasteiger partial charge in [-0.15, -0.1) is 0 Å². The van der Waals surface area contributed by atoms with Crippen LogP contribution in [-0.4, -0.2) is 66.8 Å². The van der Waals surface area contributed by atoms with Crippen LogP contribution in [0.3, 0.4) is 0 Å². The molecule has 0 bridgehead atoms. The first-order valence-electron chi connectivity index (χ1n) is 13.2. The molecule has 3 heterocycles. The van der Waals surface area contributed by atoms with Crippen LogP contribution < -0.4 is 20.5 Å². The SMILES string of the molecule is COc1cc(C(=O)NCC2(C(F)(F)F)OC(C)=C(c3ccnc(C)c3)C3=C(/C=C/2C)C(C)(N)CO3)ccc1OCCO. The molecular formula is C30H34F3N3O6. The number of hydrogen-bond donors (Lipinski definition) is 3. The average Bonchev–Trinajstić information content (AvgIpc) is 3.21. The first-order chi connectivity index (χ1) is 19.7. The van der Waals surface area contributed by atoms with Crippen molar-refractivity contribution in [2.45, 2.75) is 45.0 Å². The van der Waals surface area contributed by atoms with Crippen molar-refractivity contribution in [1.82, 2.24) is 10.3 Å². The number of nitrogens with two attached hydrogens (primary N) is 1. The standard InChI is InChI=1S/C30H34F3N3O6/c1-17-12-22-26(41-16-28(22,4)34)25(20-8-9-35-18(2)13-20)19(3)42-29(17,30(31,32)33)15-36-27(38)21-6-7-23(40-11-10-37)24(14-21)39-5/h6-9,12-14,37H,10-11,15-16,34H2,1-5H3,(H,36,38)/b17-12+,25-19?. The minimum Gasteiger partial charge on any atom is -0.493 e. The number of allylic oxidation sites excluding steroid dienone is 2. The number of hydrogen-bond acceptors (Lipinski definition) is 8. The maximum absolute atomic E-state index is 15.1. The molecule has 0 fully saturated rings. The van der Waals surface area contributed by atoms with Gasteiger partial charge in [0.05, 0.1) is 31.4 Å². The molecule has 0 saturated heterocycles. The Kier molecular flexibility index (Phi) is 8.60. The van der Waals surface area contributed by atoms with Crippen LogP contribution in [0.15, 0.2) is 65.3 Å². The summed E-state index contributed by atoms with van der Waals surface area (Å²) in [5.74, 6) is -0.0681. The van der Waals surface area contributed by atoms with E-state index in [0.717, 1.165) is 0 Å². The zero-order valence-corrected chi connectivity index (χ0v) is 24.0. The van der Waals surface area contributed by atoms with E-state index in [-0.39, 0.29) is 48.2 Å². The Morgan fingerprint density at radius 3 is 2.57 bits per heavy atom. The third-order valence-electron chi connectivity index (χ3n) is 7.20. The highest BCUT2D eigenvalue weighted by Gasteiger charge is 2.60. The molecule has 2 aliphatic rings. The number of aromatic nitrogens is 1. The number of carbonyl (C=O) groups is 1. The fraction of sp³-hybridized carbons (Fsp3) is 0.400. The smallest absolute Gasteiger partial charge is 0.434 e. The molecule has 1 aromatic carbocycles. The van der Waals surface area contributed by atoms with Crippen molar-refractivity contribution in [3.8, 4) is 11.5 Å². The summed E-state index contributed by atoms with van der Waals surface area (Å²) >= 11 is 0. The third-order valence-corrected chi connectivity index (χ3v) is 7.20. The number of amides is 1. The normalized spacial score (nSPS) is 23.6. The molecule has 226 valence electrons. The molecule has 4 N–H and O–H groups in total.